The Labute approximate surface area is 144 Å². The van der Waals surface area contributed by atoms with Gasteiger partial charge in [0.15, 0.2) is 5.96 Å². The van der Waals surface area contributed by atoms with Gasteiger partial charge in [-0.25, -0.2) is 0 Å². The molecule has 6 heteroatoms. The maximum Gasteiger partial charge on any atom is 0.239 e. The van der Waals surface area contributed by atoms with E-state index in [0.717, 1.165) is 24.2 Å². The van der Waals surface area contributed by atoms with Crippen LogP contribution in [0.1, 0.15) is 37.7 Å². The second-order valence-corrected chi connectivity index (χ2v) is 6.03. The Hall–Kier alpha value is -2.24. The minimum absolute atomic E-state index is 0.0197. The van der Waals surface area contributed by atoms with Gasteiger partial charge in [-0.05, 0) is 30.5 Å². The molecule has 1 aliphatic rings. The summed E-state index contributed by atoms with van der Waals surface area (Å²) >= 11 is 0. The predicted octanol–water partition coefficient (Wildman–Crippen LogP) is 1.81. The molecule has 2 rings (SSSR count). The molecule has 0 spiro atoms. The lowest BCUT2D eigenvalue weighted by molar-refractivity contribution is -0.120. The zero-order valence-corrected chi connectivity index (χ0v) is 14.6. The van der Waals surface area contributed by atoms with Crippen LogP contribution >= 0.6 is 0 Å². The fourth-order valence-electron chi connectivity index (χ4n) is 2.88. The van der Waals surface area contributed by atoms with Crippen LogP contribution in [0.25, 0.3) is 0 Å². The Morgan fingerprint density at radius 3 is 2.75 bits per heavy atom. The van der Waals surface area contributed by atoms with Crippen LogP contribution in [-0.2, 0) is 11.3 Å². The molecule has 0 saturated heterocycles. The zero-order chi connectivity index (χ0) is 17.2. The molecule has 3 N–H and O–H groups in total. The van der Waals surface area contributed by atoms with E-state index < -0.39 is 0 Å². The van der Waals surface area contributed by atoms with E-state index in [1.807, 2.05) is 24.3 Å². The van der Waals surface area contributed by atoms with Crippen LogP contribution in [0.15, 0.2) is 29.3 Å². The molecule has 132 valence electrons. The van der Waals surface area contributed by atoms with Gasteiger partial charge in [-0.1, -0.05) is 31.4 Å². The molecule has 6 nitrogen and oxygen atoms in total. The minimum Gasteiger partial charge on any atom is -0.497 e. The van der Waals surface area contributed by atoms with Crippen molar-refractivity contribution < 1.29 is 9.53 Å². The number of aliphatic imine (C=N–C) groups is 1. The van der Waals surface area contributed by atoms with Crippen molar-refractivity contribution in [2.45, 2.75) is 44.7 Å². The predicted molar refractivity (Wildman–Crippen MR) is 96.2 cm³/mol. The Bertz CT molecular complexity index is 554. The summed E-state index contributed by atoms with van der Waals surface area (Å²) in [6.45, 7) is 0.843. The van der Waals surface area contributed by atoms with Crippen LogP contribution in [0.4, 0.5) is 0 Å². The standard InChI is InChI=1S/C18H28N4O2/c1-19-18(20-12-14-7-6-10-16(11-14)24-2)21-13-17(23)22-15-8-4-3-5-9-15/h6-7,10-11,15H,3-5,8-9,12-13H2,1-2H3,(H,22,23)(H2,19,20,21). The first-order valence-corrected chi connectivity index (χ1v) is 8.58. The van der Waals surface area contributed by atoms with Gasteiger partial charge in [0.05, 0.1) is 13.7 Å². The van der Waals surface area contributed by atoms with Gasteiger partial charge in [-0.15, -0.1) is 0 Å². The highest BCUT2D eigenvalue weighted by atomic mass is 16.5. The Balaban J connectivity index is 1.72. The number of methoxy groups -OCH3 is 1. The number of guanidine groups is 1. The smallest absolute Gasteiger partial charge is 0.239 e. The van der Waals surface area contributed by atoms with Gasteiger partial charge in [0.25, 0.3) is 0 Å². The molecule has 0 heterocycles. The van der Waals surface area contributed by atoms with Gasteiger partial charge in [-0.3, -0.25) is 9.79 Å². The molecule has 0 atom stereocenters. The summed E-state index contributed by atoms with van der Waals surface area (Å²) in [6.07, 6.45) is 5.89. The first kappa shape index (κ1) is 18.1. The number of carbonyl (C=O) groups is 1. The van der Waals surface area contributed by atoms with E-state index in [1.165, 1.54) is 19.3 Å². The number of hydrogen-bond donors (Lipinski definition) is 3. The first-order valence-electron chi connectivity index (χ1n) is 8.58. The fraction of sp³-hybridized carbons (Fsp3) is 0.556. The Morgan fingerprint density at radius 1 is 1.25 bits per heavy atom. The summed E-state index contributed by atoms with van der Waals surface area (Å²) < 4.78 is 5.21. The SMILES string of the molecule is CN=C(NCC(=O)NC1CCCCC1)NCc1cccc(OC)c1. The molecule has 1 fully saturated rings. The third-order valence-corrected chi connectivity index (χ3v) is 4.20. The monoisotopic (exact) mass is 332 g/mol. The molecule has 0 bridgehead atoms. The Morgan fingerprint density at radius 2 is 2.04 bits per heavy atom. The van der Waals surface area contributed by atoms with E-state index in [-0.39, 0.29) is 12.5 Å². The highest BCUT2D eigenvalue weighted by molar-refractivity contribution is 5.86. The molecule has 1 aromatic rings. The zero-order valence-electron chi connectivity index (χ0n) is 14.6. The topological polar surface area (TPSA) is 74.8 Å². The van der Waals surface area contributed by atoms with Crippen LogP contribution in [-0.4, -0.2) is 38.6 Å². The van der Waals surface area contributed by atoms with E-state index in [4.69, 9.17) is 4.74 Å². The second-order valence-electron chi connectivity index (χ2n) is 6.03. The highest BCUT2D eigenvalue weighted by Crippen LogP contribution is 2.17. The number of carbonyl (C=O) groups excluding carboxylic acids is 1. The van der Waals surface area contributed by atoms with Crippen molar-refractivity contribution in [3.8, 4) is 5.75 Å². The third-order valence-electron chi connectivity index (χ3n) is 4.20. The maximum atomic E-state index is 12.0. The number of amides is 1. The van der Waals surface area contributed by atoms with Crippen LogP contribution in [0.3, 0.4) is 0 Å². The maximum absolute atomic E-state index is 12.0. The van der Waals surface area contributed by atoms with E-state index in [1.54, 1.807) is 14.2 Å². The van der Waals surface area contributed by atoms with Crippen LogP contribution < -0.4 is 20.7 Å². The van der Waals surface area contributed by atoms with Crippen molar-refractivity contribution in [1.82, 2.24) is 16.0 Å². The van der Waals surface area contributed by atoms with Gasteiger partial charge < -0.3 is 20.7 Å². The van der Waals surface area contributed by atoms with Crippen molar-refractivity contribution in [1.29, 1.82) is 0 Å². The van der Waals surface area contributed by atoms with E-state index in [9.17, 15) is 4.79 Å². The molecule has 0 radical (unpaired) electrons. The summed E-state index contributed by atoms with van der Waals surface area (Å²) in [4.78, 5) is 16.2. The number of rotatable bonds is 6. The van der Waals surface area contributed by atoms with Crippen molar-refractivity contribution in [2.75, 3.05) is 20.7 Å². The lowest BCUT2D eigenvalue weighted by Crippen LogP contribution is -2.45. The molecular formula is C18H28N4O2. The van der Waals surface area contributed by atoms with Gasteiger partial charge in [0.2, 0.25) is 5.91 Å². The summed E-state index contributed by atoms with van der Waals surface area (Å²) in [5, 5.41) is 9.34. The molecule has 24 heavy (non-hydrogen) atoms. The first-order chi connectivity index (χ1) is 11.7. The molecule has 1 amide bonds. The molecular weight excluding hydrogens is 304 g/mol. The fourth-order valence-corrected chi connectivity index (χ4v) is 2.88. The summed E-state index contributed by atoms with van der Waals surface area (Å²) in [7, 11) is 3.35. The average molecular weight is 332 g/mol. The normalized spacial score (nSPS) is 15.7. The number of ether oxygens (including phenoxy) is 1. The van der Waals surface area contributed by atoms with Crippen LogP contribution in [0.5, 0.6) is 5.75 Å². The summed E-state index contributed by atoms with van der Waals surface area (Å²) in [5.41, 5.74) is 1.09. The van der Waals surface area contributed by atoms with Crippen molar-refractivity contribution in [3.05, 3.63) is 29.8 Å². The average Bonchev–Trinajstić information content (AvgIpc) is 2.63. The van der Waals surface area contributed by atoms with Gasteiger partial charge in [0, 0.05) is 19.6 Å². The molecule has 0 aromatic heterocycles. The van der Waals surface area contributed by atoms with Crippen molar-refractivity contribution >= 4 is 11.9 Å². The largest absolute Gasteiger partial charge is 0.497 e. The minimum atomic E-state index is 0.0197. The van der Waals surface area contributed by atoms with Crippen molar-refractivity contribution in [2.24, 2.45) is 4.99 Å². The molecule has 1 saturated carbocycles. The van der Waals surface area contributed by atoms with Crippen molar-refractivity contribution in [3.63, 3.8) is 0 Å². The number of benzene rings is 1. The van der Waals surface area contributed by atoms with Crippen LogP contribution in [0, 0.1) is 0 Å². The van der Waals surface area contributed by atoms with Gasteiger partial charge in [-0.2, -0.15) is 0 Å². The number of hydrogen-bond acceptors (Lipinski definition) is 3. The molecule has 0 aliphatic heterocycles. The van der Waals surface area contributed by atoms with Gasteiger partial charge in [0.1, 0.15) is 5.75 Å². The molecule has 1 aliphatic carbocycles. The highest BCUT2D eigenvalue weighted by Gasteiger charge is 2.15. The molecule has 0 unspecified atom stereocenters. The quantitative estimate of drug-likeness (QED) is 0.549. The summed E-state index contributed by atoms with van der Waals surface area (Å²) in [6, 6.07) is 8.17. The third kappa shape index (κ3) is 6.10. The van der Waals surface area contributed by atoms with Gasteiger partial charge >= 0.3 is 0 Å². The number of nitrogens with one attached hydrogen (secondary N) is 3. The molecule has 1 aromatic carbocycles. The lowest BCUT2D eigenvalue weighted by Gasteiger charge is -2.23. The van der Waals surface area contributed by atoms with E-state index in [2.05, 4.69) is 20.9 Å². The van der Waals surface area contributed by atoms with Crippen LogP contribution in [0.2, 0.25) is 0 Å². The lowest BCUT2D eigenvalue weighted by atomic mass is 9.95. The van der Waals surface area contributed by atoms with E-state index in [0.29, 0.717) is 18.5 Å². The second kappa shape index (κ2) is 9.80. The number of nitrogens with zero attached hydrogens (tertiary/aromatic N) is 1. The Kier molecular flexibility index (Phi) is 7.39. The van der Waals surface area contributed by atoms with E-state index >= 15 is 0 Å². The summed E-state index contributed by atoms with van der Waals surface area (Å²) in [5.74, 6) is 1.45.